The maximum Gasteiger partial charge on any atom is 0.208 e. The number of ether oxygens (including phenoxy) is 1. The topological polar surface area (TPSA) is 86.1 Å². The molecule has 1 heterocycles. The van der Waals surface area contributed by atoms with Gasteiger partial charge in [-0.05, 0) is 18.6 Å². The van der Waals surface area contributed by atoms with Crippen molar-refractivity contribution in [1.82, 2.24) is 19.7 Å². The van der Waals surface area contributed by atoms with Crippen molar-refractivity contribution in [2.75, 3.05) is 19.4 Å². The Morgan fingerprint density at radius 1 is 1.32 bits per heavy atom. The van der Waals surface area contributed by atoms with Crippen molar-refractivity contribution >= 4 is 10.0 Å². The van der Waals surface area contributed by atoms with Crippen LogP contribution >= 0.6 is 0 Å². The average Bonchev–Trinajstić information content (AvgIpc) is 2.93. The third-order valence-corrected chi connectivity index (χ3v) is 3.60. The molecule has 0 aliphatic heterocycles. The summed E-state index contributed by atoms with van der Waals surface area (Å²) in [6.45, 7) is 3.38. The lowest BCUT2D eigenvalue weighted by atomic mass is 10.1. The largest absolute Gasteiger partial charge is 0.493 e. The summed E-state index contributed by atoms with van der Waals surface area (Å²) < 4.78 is 31.8. The predicted octanol–water partition coefficient (Wildman–Crippen LogP) is 1.28. The molecule has 0 saturated carbocycles. The molecule has 0 aliphatic carbocycles. The maximum absolute atomic E-state index is 11.0. The van der Waals surface area contributed by atoms with Gasteiger partial charge in [-0.15, -0.1) is 5.10 Å². The van der Waals surface area contributed by atoms with Crippen molar-refractivity contribution in [3.05, 3.63) is 30.5 Å². The van der Waals surface area contributed by atoms with Crippen LogP contribution in [0.15, 0.2) is 30.5 Å². The van der Waals surface area contributed by atoms with Crippen LogP contribution < -0.4 is 9.46 Å². The Kier molecular flexibility index (Phi) is 5.51. The molecule has 0 unspecified atom stereocenters. The fourth-order valence-corrected chi connectivity index (χ4v) is 2.35. The van der Waals surface area contributed by atoms with Crippen molar-refractivity contribution in [2.45, 2.75) is 19.9 Å². The minimum absolute atomic E-state index is 0.273. The Morgan fingerprint density at radius 3 is 2.82 bits per heavy atom. The summed E-state index contributed by atoms with van der Waals surface area (Å²) >= 11 is 0. The van der Waals surface area contributed by atoms with E-state index in [2.05, 4.69) is 15.0 Å². The number of benzene rings is 1. The van der Waals surface area contributed by atoms with Crippen LogP contribution in [0, 0.1) is 0 Å². The van der Waals surface area contributed by atoms with E-state index in [1.807, 2.05) is 31.2 Å². The molecule has 0 atom stereocenters. The van der Waals surface area contributed by atoms with Gasteiger partial charge in [0.05, 0.1) is 25.6 Å². The molecule has 1 aromatic heterocycles. The highest BCUT2D eigenvalue weighted by atomic mass is 32.2. The second-order valence-corrected chi connectivity index (χ2v) is 6.71. The van der Waals surface area contributed by atoms with Crippen LogP contribution in [0.4, 0.5) is 0 Å². The summed E-state index contributed by atoms with van der Waals surface area (Å²) in [7, 11) is -3.19. The van der Waals surface area contributed by atoms with Gasteiger partial charge in [-0.2, -0.15) is 0 Å². The Balaban J connectivity index is 2.08. The van der Waals surface area contributed by atoms with Crippen molar-refractivity contribution in [2.24, 2.45) is 0 Å². The smallest absolute Gasteiger partial charge is 0.208 e. The lowest BCUT2D eigenvalue weighted by Gasteiger charge is -2.08. The van der Waals surface area contributed by atoms with E-state index in [1.165, 1.54) is 0 Å². The van der Waals surface area contributed by atoms with Crippen molar-refractivity contribution in [3.8, 4) is 17.0 Å². The van der Waals surface area contributed by atoms with Gasteiger partial charge >= 0.3 is 0 Å². The predicted molar refractivity (Wildman–Crippen MR) is 84.1 cm³/mol. The van der Waals surface area contributed by atoms with Gasteiger partial charge in [0.15, 0.2) is 0 Å². The second kappa shape index (κ2) is 7.37. The molecule has 2 aromatic rings. The van der Waals surface area contributed by atoms with Crippen LogP contribution in [0.5, 0.6) is 5.75 Å². The number of rotatable bonds is 8. The molecule has 0 saturated heterocycles. The van der Waals surface area contributed by atoms with E-state index in [-0.39, 0.29) is 6.54 Å². The quantitative estimate of drug-likeness (QED) is 0.790. The number of para-hydroxylation sites is 1. The summed E-state index contributed by atoms with van der Waals surface area (Å²) in [5.41, 5.74) is 1.57. The number of hydrogen-bond donors (Lipinski definition) is 1. The van der Waals surface area contributed by atoms with Crippen LogP contribution in [0.1, 0.15) is 13.3 Å². The van der Waals surface area contributed by atoms with E-state index in [0.29, 0.717) is 18.8 Å². The van der Waals surface area contributed by atoms with E-state index in [4.69, 9.17) is 4.74 Å². The fourth-order valence-electron chi connectivity index (χ4n) is 1.89. The average molecular weight is 324 g/mol. The van der Waals surface area contributed by atoms with Crippen LogP contribution in [0.25, 0.3) is 11.3 Å². The maximum atomic E-state index is 11.0. The van der Waals surface area contributed by atoms with E-state index in [9.17, 15) is 8.42 Å². The van der Waals surface area contributed by atoms with Crippen LogP contribution in [0.2, 0.25) is 0 Å². The highest BCUT2D eigenvalue weighted by Gasteiger charge is 2.10. The monoisotopic (exact) mass is 324 g/mol. The van der Waals surface area contributed by atoms with Gasteiger partial charge in [0.2, 0.25) is 10.0 Å². The Labute approximate surface area is 130 Å². The minimum atomic E-state index is -3.19. The Morgan fingerprint density at radius 2 is 2.09 bits per heavy atom. The summed E-state index contributed by atoms with van der Waals surface area (Å²) in [6, 6.07) is 7.65. The van der Waals surface area contributed by atoms with Gasteiger partial charge in [0.1, 0.15) is 11.4 Å². The van der Waals surface area contributed by atoms with Crippen LogP contribution in [-0.4, -0.2) is 42.8 Å². The summed E-state index contributed by atoms with van der Waals surface area (Å²) in [5.74, 6) is 0.769. The standard InChI is InChI=1S/C14H20N4O3S/c1-3-10-21-14-7-5-4-6-12(14)13-11-18(17-16-13)9-8-15-22(2,19)20/h4-7,11,15H,3,8-10H2,1-2H3. The molecular weight excluding hydrogens is 304 g/mol. The number of nitrogens with zero attached hydrogens (tertiary/aromatic N) is 3. The van der Waals surface area contributed by atoms with Crippen LogP contribution in [0.3, 0.4) is 0 Å². The zero-order valence-corrected chi connectivity index (χ0v) is 13.5. The van der Waals surface area contributed by atoms with E-state index in [1.54, 1.807) is 10.9 Å². The number of aromatic nitrogens is 3. The van der Waals surface area contributed by atoms with Crippen molar-refractivity contribution in [1.29, 1.82) is 0 Å². The molecule has 120 valence electrons. The molecule has 0 amide bonds. The van der Waals surface area contributed by atoms with Gasteiger partial charge in [-0.3, -0.25) is 4.68 Å². The SMILES string of the molecule is CCCOc1ccccc1-c1cn(CCNS(C)(=O)=O)nn1. The van der Waals surface area contributed by atoms with Gasteiger partial charge in [0, 0.05) is 12.1 Å². The van der Waals surface area contributed by atoms with Crippen molar-refractivity contribution < 1.29 is 13.2 Å². The molecule has 1 aromatic carbocycles. The third kappa shape index (κ3) is 4.81. The molecule has 0 spiro atoms. The molecule has 0 fully saturated rings. The normalized spacial score (nSPS) is 11.5. The first-order chi connectivity index (χ1) is 10.5. The van der Waals surface area contributed by atoms with Crippen molar-refractivity contribution in [3.63, 3.8) is 0 Å². The zero-order valence-electron chi connectivity index (χ0n) is 12.7. The van der Waals surface area contributed by atoms with Crippen LogP contribution in [-0.2, 0) is 16.6 Å². The number of sulfonamides is 1. The molecule has 7 nitrogen and oxygen atoms in total. The summed E-state index contributed by atoms with van der Waals surface area (Å²) in [4.78, 5) is 0. The molecule has 22 heavy (non-hydrogen) atoms. The van der Waals surface area contributed by atoms with Gasteiger partial charge in [0.25, 0.3) is 0 Å². The first-order valence-electron chi connectivity index (χ1n) is 7.06. The van der Waals surface area contributed by atoms with Gasteiger partial charge in [-0.1, -0.05) is 24.3 Å². The van der Waals surface area contributed by atoms with E-state index in [0.717, 1.165) is 24.0 Å². The highest BCUT2D eigenvalue weighted by Crippen LogP contribution is 2.27. The molecule has 8 heteroatoms. The molecule has 1 N–H and O–H groups in total. The first-order valence-corrected chi connectivity index (χ1v) is 8.95. The second-order valence-electron chi connectivity index (χ2n) is 4.88. The molecule has 0 radical (unpaired) electrons. The molecule has 0 bridgehead atoms. The fraction of sp³-hybridized carbons (Fsp3) is 0.429. The van der Waals surface area contributed by atoms with E-state index >= 15 is 0 Å². The summed E-state index contributed by atoms with van der Waals surface area (Å²) in [6.07, 6.45) is 3.83. The zero-order chi connectivity index (χ0) is 16.0. The molecular formula is C14H20N4O3S. The van der Waals surface area contributed by atoms with Gasteiger partial charge < -0.3 is 4.74 Å². The number of hydrogen-bond acceptors (Lipinski definition) is 5. The summed E-state index contributed by atoms with van der Waals surface area (Å²) in [5, 5.41) is 8.14. The third-order valence-electron chi connectivity index (χ3n) is 2.87. The van der Waals surface area contributed by atoms with Gasteiger partial charge in [-0.25, -0.2) is 13.1 Å². The lowest BCUT2D eigenvalue weighted by Crippen LogP contribution is -2.26. The Hall–Kier alpha value is -1.93. The highest BCUT2D eigenvalue weighted by molar-refractivity contribution is 7.88. The number of nitrogens with one attached hydrogen (secondary N) is 1. The molecule has 2 rings (SSSR count). The Bertz CT molecular complexity index is 712. The lowest BCUT2D eigenvalue weighted by molar-refractivity contribution is 0.318. The minimum Gasteiger partial charge on any atom is -0.493 e. The van der Waals surface area contributed by atoms with E-state index < -0.39 is 10.0 Å². The molecule has 0 aliphatic rings. The first kappa shape index (κ1) is 16.4.